The number of nitrogens with one attached hydrogen (secondary N) is 2. The summed E-state index contributed by atoms with van der Waals surface area (Å²) in [6.45, 7) is 0. The Hall–Kier alpha value is -3.65. The monoisotopic (exact) mass is 451 g/mol. The van der Waals surface area contributed by atoms with Gasteiger partial charge in [0, 0.05) is 5.57 Å². The van der Waals surface area contributed by atoms with Gasteiger partial charge in [-0.3, -0.25) is 0 Å². The van der Waals surface area contributed by atoms with Crippen LogP contribution in [0.25, 0.3) is 21.5 Å². The van der Waals surface area contributed by atoms with Crippen LogP contribution in [-0.2, 0) is 6.18 Å². The molecule has 1 aliphatic heterocycles. The van der Waals surface area contributed by atoms with E-state index in [0.29, 0.717) is 21.8 Å². The van der Waals surface area contributed by atoms with E-state index in [4.69, 9.17) is 4.98 Å². The molecule has 2 N–H and O–H groups in total. The van der Waals surface area contributed by atoms with Crippen molar-refractivity contribution in [1.29, 1.82) is 0 Å². The van der Waals surface area contributed by atoms with Gasteiger partial charge in [-0.2, -0.15) is 13.2 Å². The van der Waals surface area contributed by atoms with Gasteiger partial charge >= 0.3 is 12.2 Å². The van der Waals surface area contributed by atoms with E-state index in [0.717, 1.165) is 27.9 Å². The number of urea groups is 1. The van der Waals surface area contributed by atoms with Gasteiger partial charge in [-0.1, -0.05) is 54.6 Å². The molecular formula is C24H16F3N3OS. The Morgan fingerprint density at radius 3 is 2.25 bits per heavy atom. The summed E-state index contributed by atoms with van der Waals surface area (Å²) in [5.74, 6) is 0. The number of halogens is 3. The summed E-state index contributed by atoms with van der Waals surface area (Å²) in [6.07, 6.45) is -4.43. The third kappa shape index (κ3) is 3.73. The molecule has 2 amide bonds. The summed E-state index contributed by atoms with van der Waals surface area (Å²) in [4.78, 5) is 17.3. The molecule has 1 atom stereocenters. The number of hydrogen-bond acceptors (Lipinski definition) is 3. The normalized spacial score (nSPS) is 16.7. The molecule has 0 bridgehead atoms. The Morgan fingerprint density at radius 2 is 1.56 bits per heavy atom. The molecule has 1 aliphatic rings. The van der Waals surface area contributed by atoms with Crippen LogP contribution < -0.4 is 10.6 Å². The SMILES string of the molecule is O=C1NC(c2ccccc2)=C(c2nc3ccccc3s2)[C@H](c2ccc(C(F)(F)F)cc2)N1. The lowest BCUT2D eigenvalue weighted by atomic mass is 9.92. The number of rotatable bonds is 3. The van der Waals surface area contributed by atoms with Crippen LogP contribution >= 0.6 is 11.3 Å². The highest BCUT2D eigenvalue weighted by Gasteiger charge is 2.34. The molecular weight excluding hydrogens is 435 g/mol. The second-order valence-electron chi connectivity index (χ2n) is 7.29. The van der Waals surface area contributed by atoms with Crippen molar-refractivity contribution in [3.05, 3.63) is 101 Å². The molecule has 0 saturated heterocycles. The quantitative estimate of drug-likeness (QED) is 0.388. The average molecular weight is 451 g/mol. The van der Waals surface area contributed by atoms with Crippen LogP contribution in [0.15, 0.2) is 78.9 Å². The molecule has 1 aromatic heterocycles. The Labute approximate surface area is 185 Å². The molecule has 0 unspecified atom stereocenters. The fraction of sp³-hybridized carbons (Fsp3) is 0.0833. The summed E-state index contributed by atoms with van der Waals surface area (Å²) in [5, 5.41) is 6.42. The van der Waals surface area contributed by atoms with E-state index in [1.807, 2.05) is 54.6 Å². The van der Waals surface area contributed by atoms with Gasteiger partial charge in [0.15, 0.2) is 0 Å². The van der Waals surface area contributed by atoms with Crippen molar-refractivity contribution in [3.8, 4) is 0 Å². The third-order valence-corrected chi connectivity index (χ3v) is 6.30. The maximum Gasteiger partial charge on any atom is 0.416 e. The fourth-order valence-electron chi connectivity index (χ4n) is 3.73. The second-order valence-corrected chi connectivity index (χ2v) is 8.32. The van der Waals surface area contributed by atoms with Crippen molar-refractivity contribution in [1.82, 2.24) is 15.6 Å². The number of hydrogen-bond donors (Lipinski definition) is 2. The standard InChI is InChI=1S/C24H16F3N3OS/c25-24(26,27)16-12-10-15(11-13-16)21-19(22-28-17-8-4-5-9-18(17)32-22)20(29-23(31)30-21)14-6-2-1-3-7-14/h1-13,21H,(H2,29,30,31)/t21-/m0/s1. The minimum absolute atomic E-state index is 0.432. The molecule has 32 heavy (non-hydrogen) atoms. The predicted octanol–water partition coefficient (Wildman–Crippen LogP) is 6.24. The highest BCUT2D eigenvalue weighted by molar-refractivity contribution is 7.19. The molecule has 0 radical (unpaired) electrons. The van der Waals surface area contributed by atoms with E-state index >= 15 is 0 Å². The van der Waals surface area contributed by atoms with E-state index in [-0.39, 0.29) is 0 Å². The maximum atomic E-state index is 13.1. The number of thiazole rings is 1. The number of fused-ring (bicyclic) bond motifs is 1. The molecule has 0 saturated carbocycles. The topological polar surface area (TPSA) is 54.0 Å². The van der Waals surface area contributed by atoms with Crippen molar-refractivity contribution in [3.63, 3.8) is 0 Å². The number of carbonyl (C=O) groups excluding carboxylic acids is 1. The summed E-state index contributed by atoms with van der Waals surface area (Å²) in [7, 11) is 0. The highest BCUT2D eigenvalue weighted by Crippen LogP contribution is 2.41. The van der Waals surface area contributed by atoms with Gasteiger partial charge in [0.2, 0.25) is 0 Å². The van der Waals surface area contributed by atoms with E-state index in [1.165, 1.54) is 23.5 Å². The van der Waals surface area contributed by atoms with Gasteiger partial charge in [-0.05, 0) is 35.4 Å². The number of nitrogens with zero attached hydrogens (tertiary/aromatic N) is 1. The summed E-state index contributed by atoms with van der Waals surface area (Å²) in [5.41, 5.74) is 2.69. The first-order chi connectivity index (χ1) is 15.4. The molecule has 160 valence electrons. The smallest absolute Gasteiger partial charge is 0.327 e. The van der Waals surface area contributed by atoms with Crippen molar-refractivity contribution >= 4 is 38.9 Å². The van der Waals surface area contributed by atoms with Crippen LogP contribution in [0, 0.1) is 0 Å². The lowest BCUT2D eigenvalue weighted by Crippen LogP contribution is -2.43. The predicted molar refractivity (Wildman–Crippen MR) is 119 cm³/mol. The number of carbonyl (C=O) groups is 1. The van der Waals surface area contributed by atoms with Gasteiger partial charge in [0.1, 0.15) is 5.01 Å². The Kier molecular flexibility index (Phi) is 4.94. The number of aromatic nitrogens is 1. The molecule has 0 aliphatic carbocycles. The van der Waals surface area contributed by atoms with Gasteiger partial charge < -0.3 is 10.6 Å². The lowest BCUT2D eigenvalue weighted by molar-refractivity contribution is -0.137. The number of para-hydroxylation sites is 1. The van der Waals surface area contributed by atoms with Crippen LogP contribution in [0.3, 0.4) is 0 Å². The zero-order valence-electron chi connectivity index (χ0n) is 16.5. The molecule has 4 aromatic rings. The zero-order chi connectivity index (χ0) is 22.3. The Morgan fingerprint density at radius 1 is 0.875 bits per heavy atom. The van der Waals surface area contributed by atoms with Crippen LogP contribution in [0.1, 0.15) is 27.7 Å². The molecule has 0 fully saturated rings. The van der Waals surface area contributed by atoms with Crippen molar-refractivity contribution in [2.75, 3.05) is 0 Å². The molecule has 5 rings (SSSR count). The Bertz CT molecular complexity index is 1300. The highest BCUT2D eigenvalue weighted by atomic mass is 32.1. The number of benzene rings is 3. The first kappa shape index (κ1) is 20.3. The van der Waals surface area contributed by atoms with Crippen LogP contribution in [-0.4, -0.2) is 11.0 Å². The average Bonchev–Trinajstić information content (AvgIpc) is 3.22. The molecule has 4 nitrogen and oxygen atoms in total. The van der Waals surface area contributed by atoms with E-state index < -0.39 is 23.8 Å². The number of amides is 2. The second kappa shape index (κ2) is 7.80. The molecule has 0 spiro atoms. The summed E-state index contributed by atoms with van der Waals surface area (Å²) in [6, 6.07) is 20.8. The van der Waals surface area contributed by atoms with Gasteiger partial charge in [0.25, 0.3) is 0 Å². The van der Waals surface area contributed by atoms with Crippen molar-refractivity contribution < 1.29 is 18.0 Å². The van der Waals surface area contributed by atoms with Crippen molar-refractivity contribution in [2.24, 2.45) is 0 Å². The lowest BCUT2D eigenvalue weighted by Gasteiger charge is -2.30. The summed E-state index contributed by atoms with van der Waals surface area (Å²) < 4.78 is 40.2. The Balaban J connectivity index is 1.71. The van der Waals surface area contributed by atoms with Crippen molar-refractivity contribution in [2.45, 2.75) is 12.2 Å². The summed E-state index contributed by atoms with van der Waals surface area (Å²) >= 11 is 1.47. The largest absolute Gasteiger partial charge is 0.416 e. The minimum atomic E-state index is -4.43. The zero-order valence-corrected chi connectivity index (χ0v) is 17.3. The maximum absolute atomic E-state index is 13.1. The third-order valence-electron chi connectivity index (χ3n) is 5.23. The first-order valence-corrected chi connectivity index (χ1v) is 10.6. The molecule has 3 aromatic carbocycles. The first-order valence-electron chi connectivity index (χ1n) is 9.80. The van der Waals surface area contributed by atoms with Crippen LogP contribution in [0.4, 0.5) is 18.0 Å². The minimum Gasteiger partial charge on any atom is -0.327 e. The van der Waals surface area contributed by atoms with E-state index in [1.54, 1.807) is 0 Å². The molecule has 2 heterocycles. The van der Waals surface area contributed by atoms with Crippen LogP contribution in [0.5, 0.6) is 0 Å². The van der Waals surface area contributed by atoms with Gasteiger partial charge in [0.05, 0.1) is 27.5 Å². The van der Waals surface area contributed by atoms with Crippen LogP contribution in [0.2, 0.25) is 0 Å². The van der Waals surface area contributed by atoms with E-state index in [9.17, 15) is 18.0 Å². The molecule has 8 heteroatoms. The van der Waals surface area contributed by atoms with Gasteiger partial charge in [-0.15, -0.1) is 11.3 Å². The van der Waals surface area contributed by atoms with E-state index in [2.05, 4.69) is 10.6 Å². The van der Waals surface area contributed by atoms with Gasteiger partial charge in [-0.25, -0.2) is 9.78 Å². The number of alkyl halides is 3. The fourth-order valence-corrected chi connectivity index (χ4v) is 4.78.